The van der Waals surface area contributed by atoms with Crippen LogP contribution in [0.5, 0.6) is 0 Å². The highest BCUT2D eigenvalue weighted by Crippen LogP contribution is 2.22. The fourth-order valence-corrected chi connectivity index (χ4v) is 2.65. The van der Waals surface area contributed by atoms with Gasteiger partial charge in [-0.25, -0.2) is 4.79 Å². The molecule has 8 heteroatoms. The minimum Gasteiger partial charge on any atom is -0.465 e. The number of anilines is 3. The number of aryl methyl sites for hydroxylation is 1. The van der Waals surface area contributed by atoms with E-state index in [9.17, 15) is 9.59 Å². The molecule has 0 spiro atoms. The first-order chi connectivity index (χ1) is 13.5. The van der Waals surface area contributed by atoms with E-state index in [0.29, 0.717) is 22.1 Å². The van der Waals surface area contributed by atoms with Crippen LogP contribution in [0.1, 0.15) is 26.4 Å². The zero-order valence-electron chi connectivity index (χ0n) is 15.2. The van der Waals surface area contributed by atoms with Crippen LogP contribution in [-0.4, -0.2) is 29.2 Å². The minimum absolute atomic E-state index is 0.162. The first kappa shape index (κ1) is 19.3. The number of amides is 1. The Labute approximate surface area is 166 Å². The van der Waals surface area contributed by atoms with Gasteiger partial charge in [0.15, 0.2) is 11.5 Å². The topological polar surface area (TPSA) is 93.2 Å². The van der Waals surface area contributed by atoms with Gasteiger partial charge in [-0.05, 0) is 67.1 Å². The first-order valence-corrected chi connectivity index (χ1v) is 8.70. The fourth-order valence-electron chi connectivity index (χ4n) is 2.43. The number of hydrogen-bond donors (Lipinski definition) is 2. The van der Waals surface area contributed by atoms with Gasteiger partial charge < -0.3 is 15.4 Å². The number of halogens is 1. The molecule has 1 amide bonds. The summed E-state index contributed by atoms with van der Waals surface area (Å²) in [5, 5.41) is 14.5. The molecule has 142 valence electrons. The molecule has 0 radical (unpaired) electrons. The maximum Gasteiger partial charge on any atom is 0.337 e. The predicted molar refractivity (Wildman–Crippen MR) is 107 cm³/mol. The Balaban J connectivity index is 1.65. The average molecular weight is 397 g/mol. The van der Waals surface area contributed by atoms with Crippen molar-refractivity contribution in [2.45, 2.75) is 6.92 Å². The quantitative estimate of drug-likeness (QED) is 0.627. The normalized spacial score (nSPS) is 10.2. The smallest absolute Gasteiger partial charge is 0.337 e. The highest BCUT2D eigenvalue weighted by Gasteiger charge is 2.10. The van der Waals surface area contributed by atoms with Gasteiger partial charge in [-0.3, -0.25) is 4.79 Å². The maximum atomic E-state index is 12.3. The second-order valence-electron chi connectivity index (χ2n) is 5.91. The van der Waals surface area contributed by atoms with Crippen LogP contribution in [0.4, 0.5) is 17.2 Å². The molecule has 0 unspecified atom stereocenters. The van der Waals surface area contributed by atoms with E-state index in [-0.39, 0.29) is 5.69 Å². The number of benzene rings is 2. The molecular weight excluding hydrogens is 380 g/mol. The molecular formula is C20H17ClN4O3. The molecule has 2 aromatic carbocycles. The maximum absolute atomic E-state index is 12.3. The van der Waals surface area contributed by atoms with Gasteiger partial charge in [0, 0.05) is 16.4 Å². The molecule has 3 aromatic rings. The van der Waals surface area contributed by atoms with Crippen molar-refractivity contribution in [3.8, 4) is 0 Å². The van der Waals surface area contributed by atoms with Crippen molar-refractivity contribution in [1.29, 1.82) is 0 Å². The molecule has 28 heavy (non-hydrogen) atoms. The zero-order valence-corrected chi connectivity index (χ0v) is 15.9. The number of carbonyl (C=O) groups excluding carboxylic acids is 2. The number of hydrogen-bond acceptors (Lipinski definition) is 6. The van der Waals surface area contributed by atoms with E-state index in [1.165, 1.54) is 7.11 Å². The summed E-state index contributed by atoms with van der Waals surface area (Å²) < 4.78 is 4.64. The molecule has 0 saturated heterocycles. The van der Waals surface area contributed by atoms with Crippen molar-refractivity contribution in [1.82, 2.24) is 10.2 Å². The van der Waals surface area contributed by atoms with Crippen LogP contribution < -0.4 is 10.6 Å². The summed E-state index contributed by atoms with van der Waals surface area (Å²) in [7, 11) is 1.31. The molecule has 0 aliphatic heterocycles. The summed E-state index contributed by atoms with van der Waals surface area (Å²) in [4.78, 5) is 23.7. The highest BCUT2D eigenvalue weighted by molar-refractivity contribution is 6.30. The van der Waals surface area contributed by atoms with Gasteiger partial charge >= 0.3 is 5.97 Å². The van der Waals surface area contributed by atoms with Gasteiger partial charge in [0.2, 0.25) is 0 Å². The van der Waals surface area contributed by atoms with Gasteiger partial charge in [-0.2, -0.15) is 0 Å². The number of ether oxygens (including phenoxy) is 1. The van der Waals surface area contributed by atoms with Crippen molar-refractivity contribution < 1.29 is 14.3 Å². The highest BCUT2D eigenvalue weighted by atomic mass is 35.5. The standard InChI is InChI=1S/C20H17ClN4O3/c1-12-11-14(21)5-8-16(12)23-18-10-9-17(24-25-18)19(26)22-15-6-3-13(4-7-15)20(27)28-2/h3-11H,1-2H3,(H,22,26)(H,23,25). The summed E-state index contributed by atoms with van der Waals surface area (Å²) in [5.41, 5.74) is 2.90. The largest absolute Gasteiger partial charge is 0.465 e. The summed E-state index contributed by atoms with van der Waals surface area (Å²) in [6.45, 7) is 1.93. The molecule has 0 atom stereocenters. The Hall–Kier alpha value is -3.45. The Kier molecular flexibility index (Phi) is 5.86. The van der Waals surface area contributed by atoms with E-state index in [4.69, 9.17) is 11.6 Å². The Morgan fingerprint density at radius 1 is 1.00 bits per heavy atom. The van der Waals surface area contributed by atoms with Gasteiger partial charge in [-0.15, -0.1) is 10.2 Å². The zero-order chi connectivity index (χ0) is 20.1. The molecule has 7 nitrogen and oxygen atoms in total. The third kappa shape index (κ3) is 4.63. The lowest BCUT2D eigenvalue weighted by Crippen LogP contribution is -2.14. The fraction of sp³-hybridized carbons (Fsp3) is 0.100. The lowest BCUT2D eigenvalue weighted by atomic mass is 10.2. The summed E-state index contributed by atoms with van der Waals surface area (Å²) in [6.07, 6.45) is 0. The summed E-state index contributed by atoms with van der Waals surface area (Å²) >= 11 is 5.95. The van der Waals surface area contributed by atoms with Crippen molar-refractivity contribution in [3.05, 3.63) is 76.4 Å². The van der Waals surface area contributed by atoms with Gasteiger partial charge in [0.1, 0.15) is 0 Å². The van der Waals surface area contributed by atoms with E-state index in [1.54, 1.807) is 42.5 Å². The monoisotopic (exact) mass is 396 g/mol. The Morgan fingerprint density at radius 3 is 2.36 bits per heavy atom. The van der Waals surface area contributed by atoms with Crippen molar-refractivity contribution in [2.75, 3.05) is 17.7 Å². The molecule has 2 N–H and O–H groups in total. The van der Waals surface area contributed by atoms with Crippen LogP contribution in [0.25, 0.3) is 0 Å². The second kappa shape index (κ2) is 8.49. The first-order valence-electron chi connectivity index (χ1n) is 8.33. The van der Waals surface area contributed by atoms with Crippen molar-refractivity contribution >= 4 is 40.7 Å². The summed E-state index contributed by atoms with van der Waals surface area (Å²) in [5.74, 6) is -0.347. The second-order valence-corrected chi connectivity index (χ2v) is 6.35. The Morgan fingerprint density at radius 2 is 1.75 bits per heavy atom. The number of esters is 1. The predicted octanol–water partition coefficient (Wildman–Crippen LogP) is 4.22. The number of nitrogens with one attached hydrogen (secondary N) is 2. The van der Waals surface area contributed by atoms with Crippen LogP contribution in [0.3, 0.4) is 0 Å². The third-order valence-corrected chi connectivity index (χ3v) is 4.15. The van der Waals surface area contributed by atoms with Crippen LogP contribution in [0, 0.1) is 6.92 Å². The summed E-state index contributed by atoms with van der Waals surface area (Å²) in [6, 6.07) is 15.0. The van der Waals surface area contributed by atoms with Crippen LogP contribution >= 0.6 is 11.6 Å². The number of aromatic nitrogens is 2. The Bertz CT molecular complexity index is 1000. The number of rotatable bonds is 5. The molecule has 0 bridgehead atoms. The average Bonchev–Trinajstić information content (AvgIpc) is 2.70. The lowest BCUT2D eigenvalue weighted by molar-refractivity contribution is 0.0600. The van der Waals surface area contributed by atoms with Gasteiger partial charge in [0.05, 0.1) is 12.7 Å². The molecule has 0 aliphatic rings. The minimum atomic E-state index is -0.442. The van der Waals surface area contributed by atoms with Gasteiger partial charge in [-0.1, -0.05) is 11.6 Å². The van der Waals surface area contributed by atoms with Gasteiger partial charge in [0.25, 0.3) is 5.91 Å². The molecule has 3 rings (SSSR count). The van der Waals surface area contributed by atoms with Crippen LogP contribution in [0.15, 0.2) is 54.6 Å². The van der Waals surface area contributed by atoms with Crippen molar-refractivity contribution in [2.24, 2.45) is 0 Å². The van der Waals surface area contributed by atoms with Crippen LogP contribution in [0.2, 0.25) is 5.02 Å². The number of nitrogens with zero attached hydrogens (tertiary/aromatic N) is 2. The van der Waals surface area contributed by atoms with E-state index < -0.39 is 11.9 Å². The molecule has 1 heterocycles. The third-order valence-electron chi connectivity index (χ3n) is 3.91. The van der Waals surface area contributed by atoms with E-state index in [1.807, 2.05) is 19.1 Å². The van der Waals surface area contributed by atoms with E-state index in [0.717, 1.165) is 11.3 Å². The number of methoxy groups -OCH3 is 1. The number of carbonyl (C=O) groups is 2. The molecule has 0 aliphatic carbocycles. The molecule has 1 aromatic heterocycles. The van der Waals surface area contributed by atoms with E-state index >= 15 is 0 Å². The van der Waals surface area contributed by atoms with E-state index in [2.05, 4.69) is 25.6 Å². The van der Waals surface area contributed by atoms with Crippen LogP contribution in [-0.2, 0) is 4.74 Å². The lowest BCUT2D eigenvalue weighted by Gasteiger charge is -2.09. The molecule has 0 saturated carbocycles. The SMILES string of the molecule is COC(=O)c1ccc(NC(=O)c2ccc(Nc3ccc(Cl)cc3C)nn2)cc1. The molecule has 0 fully saturated rings. The van der Waals surface area contributed by atoms with Crippen molar-refractivity contribution in [3.63, 3.8) is 0 Å².